The van der Waals surface area contributed by atoms with Crippen LogP contribution in [0.4, 0.5) is 30.2 Å². The van der Waals surface area contributed by atoms with Crippen molar-refractivity contribution in [2.75, 3.05) is 24.7 Å². The SMILES string of the molecule is CN(C)C(=O)c1cccc(Nc2c(N[C@@H](c3ccco3)C(F)(F)F)c(=O)c2=O)c1O. The highest BCUT2D eigenvalue weighted by molar-refractivity contribution is 5.99. The first-order valence-corrected chi connectivity index (χ1v) is 8.53. The number of carbonyl (C=O) groups is 1. The Hall–Kier alpha value is -3.76. The molecule has 0 fully saturated rings. The van der Waals surface area contributed by atoms with E-state index in [9.17, 15) is 32.7 Å². The van der Waals surface area contributed by atoms with Crippen LogP contribution < -0.4 is 21.5 Å². The first-order chi connectivity index (χ1) is 14.0. The minimum atomic E-state index is -4.82. The van der Waals surface area contributed by atoms with Crippen molar-refractivity contribution in [3.05, 3.63) is 68.4 Å². The highest BCUT2D eigenvalue weighted by Crippen LogP contribution is 2.38. The van der Waals surface area contributed by atoms with Gasteiger partial charge in [-0.25, -0.2) is 0 Å². The van der Waals surface area contributed by atoms with Crippen LogP contribution in [0.2, 0.25) is 0 Å². The summed E-state index contributed by atoms with van der Waals surface area (Å²) in [5, 5.41) is 14.8. The number of furan rings is 1. The van der Waals surface area contributed by atoms with E-state index in [-0.39, 0.29) is 11.3 Å². The minimum absolute atomic E-state index is 0.0954. The van der Waals surface area contributed by atoms with Crippen molar-refractivity contribution in [2.24, 2.45) is 0 Å². The van der Waals surface area contributed by atoms with Gasteiger partial charge in [-0.1, -0.05) is 6.07 Å². The lowest BCUT2D eigenvalue weighted by Crippen LogP contribution is -2.40. The summed E-state index contributed by atoms with van der Waals surface area (Å²) in [7, 11) is 2.93. The number of para-hydroxylation sites is 1. The monoisotopic (exact) mass is 423 g/mol. The Labute approximate surface area is 167 Å². The molecule has 30 heavy (non-hydrogen) atoms. The van der Waals surface area contributed by atoms with Crippen LogP contribution in [-0.4, -0.2) is 36.2 Å². The summed E-state index contributed by atoms with van der Waals surface area (Å²) in [4.78, 5) is 37.2. The number of carbonyl (C=O) groups excluding carboxylic acids is 1. The van der Waals surface area contributed by atoms with Crippen LogP contribution in [0, 0.1) is 0 Å². The summed E-state index contributed by atoms with van der Waals surface area (Å²) in [6.07, 6.45) is -3.78. The Bertz CT molecular complexity index is 1150. The minimum Gasteiger partial charge on any atom is -0.505 e. The molecule has 1 aromatic heterocycles. The van der Waals surface area contributed by atoms with Crippen molar-refractivity contribution in [3.8, 4) is 5.75 Å². The Morgan fingerprint density at radius 1 is 1.10 bits per heavy atom. The molecule has 0 spiro atoms. The predicted octanol–water partition coefficient (Wildman–Crippen LogP) is 2.74. The summed E-state index contributed by atoms with van der Waals surface area (Å²) in [6, 6.07) is 4.00. The van der Waals surface area contributed by atoms with Gasteiger partial charge in [0, 0.05) is 14.1 Å². The number of aromatic hydroxyl groups is 1. The lowest BCUT2D eigenvalue weighted by atomic mass is 10.1. The number of benzene rings is 1. The van der Waals surface area contributed by atoms with Gasteiger partial charge in [-0.3, -0.25) is 14.4 Å². The molecule has 0 aliphatic rings. The Morgan fingerprint density at radius 2 is 1.77 bits per heavy atom. The van der Waals surface area contributed by atoms with Crippen LogP contribution in [0.3, 0.4) is 0 Å². The summed E-state index contributed by atoms with van der Waals surface area (Å²) in [5.41, 5.74) is -3.52. The van der Waals surface area contributed by atoms with Gasteiger partial charge in [0.05, 0.1) is 17.5 Å². The lowest BCUT2D eigenvalue weighted by molar-refractivity contribution is -0.147. The number of anilines is 3. The molecule has 3 rings (SSSR count). The molecule has 0 aliphatic heterocycles. The fraction of sp³-hybridized carbons (Fsp3) is 0.211. The molecular weight excluding hydrogens is 407 g/mol. The van der Waals surface area contributed by atoms with Crippen LogP contribution in [0.5, 0.6) is 5.75 Å². The number of hydrogen-bond donors (Lipinski definition) is 3. The molecule has 1 amide bonds. The van der Waals surface area contributed by atoms with Gasteiger partial charge >= 0.3 is 6.18 Å². The lowest BCUT2D eigenvalue weighted by Gasteiger charge is -2.23. The quantitative estimate of drug-likeness (QED) is 0.413. The summed E-state index contributed by atoms with van der Waals surface area (Å²) in [5.74, 6) is -1.55. The van der Waals surface area contributed by atoms with Crippen molar-refractivity contribution in [3.63, 3.8) is 0 Å². The predicted molar refractivity (Wildman–Crippen MR) is 102 cm³/mol. The number of alkyl halides is 3. The molecule has 8 nitrogen and oxygen atoms in total. The molecular formula is C19H16F3N3O5. The van der Waals surface area contributed by atoms with Gasteiger partial charge in [0.15, 0.2) is 11.8 Å². The average Bonchev–Trinajstić information content (AvgIpc) is 3.20. The number of rotatable bonds is 6. The molecule has 3 N–H and O–H groups in total. The third-order valence-corrected chi connectivity index (χ3v) is 4.29. The number of nitrogens with one attached hydrogen (secondary N) is 2. The molecule has 1 atom stereocenters. The fourth-order valence-electron chi connectivity index (χ4n) is 2.76. The number of amides is 1. The molecule has 1 heterocycles. The van der Waals surface area contributed by atoms with E-state index in [0.29, 0.717) is 0 Å². The highest BCUT2D eigenvalue weighted by Gasteiger charge is 2.44. The van der Waals surface area contributed by atoms with Crippen LogP contribution in [0.15, 0.2) is 50.6 Å². The number of halogens is 3. The molecule has 2 aromatic carbocycles. The summed E-state index contributed by atoms with van der Waals surface area (Å²) < 4.78 is 45.0. The zero-order valence-corrected chi connectivity index (χ0v) is 15.7. The number of hydrogen-bond acceptors (Lipinski definition) is 7. The maximum atomic E-state index is 13.4. The molecule has 11 heteroatoms. The van der Waals surface area contributed by atoms with Crippen LogP contribution in [-0.2, 0) is 0 Å². The highest BCUT2D eigenvalue weighted by atomic mass is 19.4. The molecule has 0 radical (unpaired) electrons. The number of phenols is 1. The zero-order chi connectivity index (χ0) is 22.2. The van der Waals surface area contributed by atoms with E-state index in [1.807, 2.05) is 5.32 Å². The first kappa shape index (κ1) is 21.0. The molecule has 0 bridgehead atoms. The van der Waals surface area contributed by atoms with Gasteiger partial charge in [0.25, 0.3) is 16.8 Å². The van der Waals surface area contributed by atoms with E-state index in [4.69, 9.17) is 4.42 Å². The summed E-state index contributed by atoms with van der Waals surface area (Å²) in [6.45, 7) is 0. The Balaban J connectivity index is 1.95. The van der Waals surface area contributed by atoms with E-state index in [1.54, 1.807) is 0 Å². The third kappa shape index (κ3) is 3.73. The van der Waals surface area contributed by atoms with Gasteiger partial charge in [-0.15, -0.1) is 0 Å². The normalized spacial score (nSPS) is 12.6. The molecule has 0 saturated carbocycles. The van der Waals surface area contributed by atoms with Gasteiger partial charge in [0.1, 0.15) is 17.1 Å². The zero-order valence-electron chi connectivity index (χ0n) is 15.7. The Morgan fingerprint density at radius 3 is 2.33 bits per heavy atom. The maximum Gasteiger partial charge on any atom is 0.415 e. The van der Waals surface area contributed by atoms with Crippen LogP contribution in [0.1, 0.15) is 22.2 Å². The Kier molecular flexibility index (Phi) is 5.29. The van der Waals surface area contributed by atoms with Crippen molar-refractivity contribution in [2.45, 2.75) is 12.2 Å². The average molecular weight is 423 g/mol. The van der Waals surface area contributed by atoms with E-state index in [1.165, 1.54) is 43.3 Å². The van der Waals surface area contributed by atoms with Crippen molar-refractivity contribution < 1.29 is 27.5 Å². The van der Waals surface area contributed by atoms with Gasteiger partial charge in [-0.2, -0.15) is 13.2 Å². The second-order valence-electron chi connectivity index (χ2n) is 6.57. The molecule has 0 saturated heterocycles. The number of nitrogens with zero attached hydrogens (tertiary/aromatic N) is 1. The molecule has 3 aromatic rings. The van der Waals surface area contributed by atoms with Crippen LogP contribution >= 0.6 is 0 Å². The molecule has 0 aliphatic carbocycles. The first-order valence-electron chi connectivity index (χ1n) is 8.53. The standard InChI is InChI=1S/C19H16F3N3O5/c1-25(2)18(29)9-5-3-6-10(14(9)26)23-12-13(16(28)15(12)27)24-17(19(20,21)22)11-7-4-8-30-11/h3-8,17,23-24,26H,1-2H3/t17-/m0/s1. The molecule has 0 unspecified atom stereocenters. The topological polar surface area (TPSA) is 112 Å². The van der Waals surface area contributed by atoms with E-state index in [2.05, 4.69) is 5.32 Å². The second-order valence-corrected chi connectivity index (χ2v) is 6.57. The van der Waals surface area contributed by atoms with Gasteiger partial charge in [-0.05, 0) is 24.3 Å². The van der Waals surface area contributed by atoms with Crippen molar-refractivity contribution in [1.82, 2.24) is 4.90 Å². The largest absolute Gasteiger partial charge is 0.505 e. The van der Waals surface area contributed by atoms with Crippen molar-refractivity contribution in [1.29, 1.82) is 0 Å². The summed E-state index contributed by atoms with van der Waals surface area (Å²) >= 11 is 0. The number of phenolic OH excluding ortho intramolecular Hbond substituents is 1. The van der Waals surface area contributed by atoms with E-state index in [0.717, 1.165) is 12.3 Å². The van der Waals surface area contributed by atoms with Crippen molar-refractivity contribution >= 4 is 23.0 Å². The van der Waals surface area contributed by atoms with E-state index >= 15 is 0 Å². The smallest absolute Gasteiger partial charge is 0.415 e. The maximum absolute atomic E-state index is 13.4. The van der Waals surface area contributed by atoms with Crippen LogP contribution in [0.25, 0.3) is 0 Å². The second kappa shape index (κ2) is 7.58. The molecule has 158 valence electrons. The third-order valence-electron chi connectivity index (χ3n) is 4.29. The van der Waals surface area contributed by atoms with E-state index < -0.39 is 51.9 Å². The van der Waals surface area contributed by atoms with Gasteiger partial charge < -0.3 is 25.1 Å². The van der Waals surface area contributed by atoms with Gasteiger partial charge in [0.2, 0.25) is 0 Å². The fourth-order valence-corrected chi connectivity index (χ4v) is 2.76.